The second-order valence-corrected chi connectivity index (χ2v) is 4.65. The van der Waals surface area contributed by atoms with E-state index in [9.17, 15) is 5.11 Å². The smallest absolute Gasteiger partial charge is 0.125 e. The highest BCUT2D eigenvalue weighted by atomic mass is 16.5. The van der Waals surface area contributed by atoms with E-state index in [2.05, 4.69) is 0 Å². The van der Waals surface area contributed by atoms with Crippen LogP contribution in [0.25, 0.3) is 0 Å². The quantitative estimate of drug-likeness (QED) is 0.876. The van der Waals surface area contributed by atoms with Gasteiger partial charge < -0.3 is 14.6 Å². The number of rotatable bonds is 3. The molecular weight excluding hydrogens is 216 g/mol. The standard InChI is InChI=1S/C14H20O3/c1-10-3-4-14(13(9-10)11(2)15)17-12-5-7-16-8-6-12/h3-4,9,11-12,15H,5-8H2,1-2H3/t11-/m1/s1. The van der Waals surface area contributed by atoms with Gasteiger partial charge in [-0.05, 0) is 26.0 Å². The zero-order chi connectivity index (χ0) is 12.3. The van der Waals surface area contributed by atoms with E-state index in [4.69, 9.17) is 9.47 Å². The maximum absolute atomic E-state index is 9.75. The number of aliphatic hydroxyl groups excluding tert-OH is 1. The molecule has 3 nitrogen and oxygen atoms in total. The molecule has 1 fully saturated rings. The molecule has 1 aromatic rings. The zero-order valence-corrected chi connectivity index (χ0v) is 10.5. The van der Waals surface area contributed by atoms with Crippen LogP contribution in [0.4, 0.5) is 0 Å². The van der Waals surface area contributed by atoms with Gasteiger partial charge in [0.05, 0.1) is 19.3 Å². The van der Waals surface area contributed by atoms with Gasteiger partial charge in [-0.2, -0.15) is 0 Å². The molecule has 17 heavy (non-hydrogen) atoms. The van der Waals surface area contributed by atoms with Crippen molar-refractivity contribution in [3.8, 4) is 5.75 Å². The number of hydrogen-bond donors (Lipinski definition) is 1. The van der Waals surface area contributed by atoms with E-state index in [-0.39, 0.29) is 6.10 Å². The van der Waals surface area contributed by atoms with E-state index in [1.165, 1.54) is 0 Å². The summed E-state index contributed by atoms with van der Waals surface area (Å²) < 4.78 is 11.3. The van der Waals surface area contributed by atoms with Crippen molar-refractivity contribution < 1.29 is 14.6 Å². The van der Waals surface area contributed by atoms with Gasteiger partial charge in [-0.1, -0.05) is 11.6 Å². The Morgan fingerprint density at radius 1 is 1.35 bits per heavy atom. The molecule has 94 valence electrons. The van der Waals surface area contributed by atoms with E-state index in [1.807, 2.05) is 25.1 Å². The van der Waals surface area contributed by atoms with Crippen LogP contribution in [-0.2, 0) is 4.74 Å². The summed E-state index contributed by atoms with van der Waals surface area (Å²) >= 11 is 0. The molecule has 1 N–H and O–H groups in total. The third-order valence-electron chi connectivity index (χ3n) is 3.08. The maximum atomic E-state index is 9.75. The van der Waals surface area contributed by atoms with Gasteiger partial charge in [-0.25, -0.2) is 0 Å². The summed E-state index contributed by atoms with van der Waals surface area (Å²) in [6, 6.07) is 5.95. The van der Waals surface area contributed by atoms with Crippen molar-refractivity contribution in [3.05, 3.63) is 29.3 Å². The SMILES string of the molecule is Cc1ccc(OC2CCOCC2)c([C@@H](C)O)c1. The van der Waals surface area contributed by atoms with Crippen molar-refractivity contribution in [2.75, 3.05) is 13.2 Å². The van der Waals surface area contributed by atoms with Crippen LogP contribution in [0.3, 0.4) is 0 Å². The first-order chi connectivity index (χ1) is 8.16. The van der Waals surface area contributed by atoms with Gasteiger partial charge in [0.2, 0.25) is 0 Å². The molecule has 1 atom stereocenters. The average Bonchev–Trinajstić information content (AvgIpc) is 2.32. The van der Waals surface area contributed by atoms with E-state index in [1.54, 1.807) is 6.92 Å². The number of ether oxygens (including phenoxy) is 2. The lowest BCUT2D eigenvalue weighted by molar-refractivity contribution is 0.0242. The van der Waals surface area contributed by atoms with Crippen LogP contribution in [0.5, 0.6) is 5.75 Å². The normalized spacial score (nSPS) is 19.0. The summed E-state index contributed by atoms with van der Waals surface area (Å²) in [5.74, 6) is 0.803. The summed E-state index contributed by atoms with van der Waals surface area (Å²) in [5, 5.41) is 9.75. The Balaban J connectivity index is 2.13. The van der Waals surface area contributed by atoms with Crippen molar-refractivity contribution in [1.29, 1.82) is 0 Å². The Morgan fingerprint density at radius 2 is 2.06 bits per heavy atom. The minimum absolute atomic E-state index is 0.212. The predicted molar refractivity (Wildman–Crippen MR) is 66.3 cm³/mol. The Bertz CT molecular complexity index is 368. The van der Waals surface area contributed by atoms with Gasteiger partial charge in [-0.3, -0.25) is 0 Å². The number of hydrogen-bond acceptors (Lipinski definition) is 3. The van der Waals surface area contributed by atoms with Crippen LogP contribution < -0.4 is 4.74 Å². The number of aryl methyl sites for hydroxylation is 1. The molecule has 0 saturated carbocycles. The van der Waals surface area contributed by atoms with Gasteiger partial charge in [0.25, 0.3) is 0 Å². The fourth-order valence-corrected chi connectivity index (χ4v) is 2.08. The van der Waals surface area contributed by atoms with E-state index >= 15 is 0 Å². The van der Waals surface area contributed by atoms with E-state index in [0.29, 0.717) is 0 Å². The van der Waals surface area contributed by atoms with Crippen LogP contribution in [0, 0.1) is 6.92 Å². The van der Waals surface area contributed by atoms with Crippen molar-refractivity contribution in [2.24, 2.45) is 0 Å². The first-order valence-corrected chi connectivity index (χ1v) is 6.20. The van der Waals surface area contributed by atoms with E-state index in [0.717, 1.165) is 42.9 Å². The fraction of sp³-hybridized carbons (Fsp3) is 0.571. The van der Waals surface area contributed by atoms with Crippen LogP contribution in [0.2, 0.25) is 0 Å². The van der Waals surface area contributed by atoms with Crippen molar-refractivity contribution in [3.63, 3.8) is 0 Å². The summed E-state index contributed by atoms with van der Waals surface area (Å²) in [7, 11) is 0. The van der Waals surface area contributed by atoms with Crippen molar-refractivity contribution in [1.82, 2.24) is 0 Å². The zero-order valence-electron chi connectivity index (χ0n) is 10.5. The fourth-order valence-electron chi connectivity index (χ4n) is 2.08. The molecule has 0 unspecified atom stereocenters. The van der Waals surface area contributed by atoms with Crippen LogP contribution in [0.1, 0.15) is 37.0 Å². The Morgan fingerprint density at radius 3 is 2.71 bits per heavy atom. The third-order valence-corrected chi connectivity index (χ3v) is 3.08. The highest BCUT2D eigenvalue weighted by Crippen LogP contribution is 2.28. The molecule has 0 spiro atoms. The van der Waals surface area contributed by atoms with Gasteiger partial charge in [0.15, 0.2) is 0 Å². The molecule has 2 rings (SSSR count). The molecule has 0 aromatic heterocycles. The number of aliphatic hydroxyl groups is 1. The molecule has 0 bridgehead atoms. The monoisotopic (exact) mass is 236 g/mol. The lowest BCUT2D eigenvalue weighted by Crippen LogP contribution is -2.26. The first kappa shape index (κ1) is 12.4. The lowest BCUT2D eigenvalue weighted by atomic mass is 10.1. The molecule has 3 heteroatoms. The van der Waals surface area contributed by atoms with Gasteiger partial charge >= 0.3 is 0 Å². The highest BCUT2D eigenvalue weighted by molar-refractivity contribution is 5.38. The van der Waals surface area contributed by atoms with Crippen LogP contribution in [-0.4, -0.2) is 24.4 Å². The lowest BCUT2D eigenvalue weighted by Gasteiger charge is -2.25. The van der Waals surface area contributed by atoms with E-state index < -0.39 is 6.10 Å². The molecule has 0 radical (unpaired) electrons. The molecule has 0 aliphatic carbocycles. The Kier molecular flexibility index (Phi) is 4.02. The largest absolute Gasteiger partial charge is 0.490 e. The molecule has 1 aliphatic rings. The average molecular weight is 236 g/mol. The second-order valence-electron chi connectivity index (χ2n) is 4.65. The Hall–Kier alpha value is -1.06. The summed E-state index contributed by atoms with van der Waals surface area (Å²) in [4.78, 5) is 0. The second kappa shape index (κ2) is 5.52. The summed E-state index contributed by atoms with van der Waals surface area (Å²) in [6.07, 6.45) is 1.56. The maximum Gasteiger partial charge on any atom is 0.125 e. The van der Waals surface area contributed by atoms with Crippen molar-refractivity contribution in [2.45, 2.75) is 38.9 Å². The van der Waals surface area contributed by atoms with Crippen LogP contribution >= 0.6 is 0 Å². The first-order valence-electron chi connectivity index (χ1n) is 6.20. The van der Waals surface area contributed by atoms with Crippen molar-refractivity contribution >= 4 is 0 Å². The summed E-state index contributed by atoms with van der Waals surface area (Å²) in [6.45, 7) is 5.32. The minimum Gasteiger partial charge on any atom is -0.490 e. The summed E-state index contributed by atoms with van der Waals surface area (Å²) in [5.41, 5.74) is 2.01. The predicted octanol–water partition coefficient (Wildman–Crippen LogP) is 2.61. The van der Waals surface area contributed by atoms with Gasteiger partial charge in [0.1, 0.15) is 11.9 Å². The van der Waals surface area contributed by atoms with Gasteiger partial charge in [-0.15, -0.1) is 0 Å². The highest BCUT2D eigenvalue weighted by Gasteiger charge is 2.18. The molecule has 1 aromatic carbocycles. The topological polar surface area (TPSA) is 38.7 Å². The molecule has 1 aliphatic heterocycles. The molecule has 0 amide bonds. The Labute approximate surface area is 102 Å². The minimum atomic E-state index is -0.496. The molecular formula is C14H20O3. The molecule has 1 heterocycles. The molecule has 1 saturated heterocycles. The third kappa shape index (κ3) is 3.20. The van der Waals surface area contributed by atoms with Crippen LogP contribution in [0.15, 0.2) is 18.2 Å². The van der Waals surface area contributed by atoms with Gasteiger partial charge in [0, 0.05) is 18.4 Å². The number of benzene rings is 1.